The van der Waals surface area contributed by atoms with Gasteiger partial charge >= 0.3 is 0 Å². The maximum Gasteiger partial charge on any atom is 0.195 e. The molecular formula is C14H22N4S2. The standard InChI is InChI=1S/C14H22N4S2/c1-3-11(15)8-12-13(16-14-18(12)5-7-20-14)17-4-6-19-10(2)9-17/h5,7,10-11H,3-4,6,8-9,15H2,1-2H3. The van der Waals surface area contributed by atoms with Gasteiger partial charge in [0.2, 0.25) is 0 Å². The summed E-state index contributed by atoms with van der Waals surface area (Å²) in [6.45, 7) is 6.63. The Morgan fingerprint density at radius 3 is 3.15 bits per heavy atom. The summed E-state index contributed by atoms with van der Waals surface area (Å²) in [5, 5.41) is 2.78. The summed E-state index contributed by atoms with van der Waals surface area (Å²) in [4.78, 5) is 8.39. The third kappa shape index (κ3) is 2.69. The van der Waals surface area contributed by atoms with E-state index in [0.717, 1.165) is 36.7 Å². The van der Waals surface area contributed by atoms with Crippen molar-refractivity contribution in [3.8, 4) is 0 Å². The van der Waals surface area contributed by atoms with Crippen LogP contribution in [0.25, 0.3) is 4.96 Å². The fourth-order valence-electron chi connectivity index (χ4n) is 2.67. The average Bonchev–Trinajstić information content (AvgIpc) is 3.01. The summed E-state index contributed by atoms with van der Waals surface area (Å²) >= 11 is 3.75. The smallest absolute Gasteiger partial charge is 0.195 e. The maximum absolute atomic E-state index is 6.19. The molecular weight excluding hydrogens is 288 g/mol. The number of imidazole rings is 1. The van der Waals surface area contributed by atoms with Gasteiger partial charge in [-0.15, -0.1) is 11.3 Å². The molecule has 2 aromatic rings. The first-order valence-electron chi connectivity index (χ1n) is 7.25. The number of nitrogens with zero attached hydrogens (tertiary/aromatic N) is 3. The van der Waals surface area contributed by atoms with Gasteiger partial charge in [-0.2, -0.15) is 11.8 Å². The fourth-order valence-corrected chi connectivity index (χ4v) is 4.41. The Morgan fingerprint density at radius 1 is 1.55 bits per heavy atom. The van der Waals surface area contributed by atoms with Crippen LogP contribution in [0.1, 0.15) is 26.0 Å². The van der Waals surface area contributed by atoms with Gasteiger partial charge in [-0.3, -0.25) is 4.40 Å². The van der Waals surface area contributed by atoms with Crippen LogP contribution >= 0.6 is 23.1 Å². The number of nitrogens with two attached hydrogens (primary N) is 1. The van der Waals surface area contributed by atoms with Gasteiger partial charge < -0.3 is 10.6 Å². The molecule has 0 amide bonds. The molecule has 110 valence electrons. The third-order valence-electron chi connectivity index (χ3n) is 3.86. The molecule has 0 radical (unpaired) electrons. The lowest BCUT2D eigenvalue weighted by Crippen LogP contribution is -2.37. The molecule has 2 atom stereocenters. The molecule has 6 heteroatoms. The Balaban J connectivity index is 1.96. The molecule has 20 heavy (non-hydrogen) atoms. The Morgan fingerprint density at radius 2 is 2.40 bits per heavy atom. The van der Waals surface area contributed by atoms with Crippen molar-refractivity contribution in [2.24, 2.45) is 5.73 Å². The summed E-state index contributed by atoms with van der Waals surface area (Å²) in [6, 6.07) is 0.213. The number of hydrogen-bond acceptors (Lipinski definition) is 5. The van der Waals surface area contributed by atoms with Crippen LogP contribution in [0.5, 0.6) is 0 Å². The number of anilines is 1. The molecule has 3 rings (SSSR count). The molecule has 2 aromatic heterocycles. The van der Waals surface area contributed by atoms with E-state index in [9.17, 15) is 0 Å². The van der Waals surface area contributed by atoms with Crippen molar-refractivity contribution in [3.05, 3.63) is 17.3 Å². The van der Waals surface area contributed by atoms with Gasteiger partial charge in [-0.05, 0) is 6.42 Å². The second-order valence-electron chi connectivity index (χ2n) is 5.44. The summed E-state index contributed by atoms with van der Waals surface area (Å²) in [5.74, 6) is 2.35. The minimum Gasteiger partial charge on any atom is -0.353 e. The first-order chi connectivity index (χ1) is 9.69. The van der Waals surface area contributed by atoms with E-state index in [1.54, 1.807) is 11.3 Å². The summed E-state index contributed by atoms with van der Waals surface area (Å²) < 4.78 is 2.22. The van der Waals surface area contributed by atoms with Gasteiger partial charge in [-0.1, -0.05) is 13.8 Å². The summed E-state index contributed by atoms with van der Waals surface area (Å²) in [6.07, 6.45) is 4.03. The van der Waals surface area contributed by atoms with E-state index in [1.807, 2.05) is 0 Å². The van der Waals surface area contributed by atoms with Crippen LogP contribution in [-0.4, -0.2) is 39.5 Å². The molecule has 0 aliphatic carbocycles. The molecule has 2 unspecified atom stereocenters. The molecule has 0 bridgehead atoms. The lowest BCUT2D eigenvalue weighted by atomic mass is 10.1. The highest BCUT2D eigenvalue weighted by molar-refractivity contribution is 8.00. The van der Waals surface area contributed by atoms with Crippen LogP contribution in [0, 0.1) is 0 Å². The van der Waals surface area contributed by atoms with Gasteiger partial charge in [0, 0.05) is 48.1 Å². The number of rotatable bonds is 4. The molecule has 3 heterocycles. The quantitative estimate of drug-likeness (QED) is 0.943. The molecule has 2 N–H and O–H groups in total. The van der Waals surface area contributed by atoms with E-state index in [0.29, 0.717) is 5.25 Å². The summed E-state index contributed by atoms with van der Waals surface area (Å²) in [5.41, 5.74) is 7.48. The zero-order chi connectivity index (χ0) is 14.1. The Labute approximate surface area is 128 Å². The van der Waals surface area contributed by atoms with E-state index in [1.165, 1.54) is 11.4 Å². The van der Waals surface area contributed by atoms with E-state index >= 15 is 0 Å². The van der Waals surface area contributed by atoms with Crippen molar-refractivity contribution in [1.82, 2.24) is 9.38 Å². The normalized spacial score (nSPS) is 21.6. The largest absolute Gasteiger partial charge is 0.353 e. The van der Waals surface area contributed by atoms with Gasteiger partial charge in [0.25, 0.3) is 0 Å². The van der Waals surface area contributed by atoms with Crippen LogP contribution < -0.4 is 10.6 Å². The monoisotopic (exact) mass is 310 g/mol. The zero-order valence-electron chi connectivity index (χ0n) is 12.1. The van der Waals surface area contributed by atoms with Crippen LogP contribution in [0.2, 0.25) is 0 Å². The SMILES string of the molecule is CCC(N)Cc1c(N2CCSC(C)C2)nc2sccn12. The second kappa shape index (κ2) is 5.95. The second-order valence-corrected chi connectivity index (χ2v) is 7.86. The highest BCUT2D eigenvalue weighted by Crippen LogP contribution is 2.29. The van der Waals surface area contributed by atoms with Crippen molar-refractivity contribution in [1.29, 1.82) is 0 Å². The van der Waals surface area contributed by atoms with E-state index in [4.69, 9.17) is 10.7 Å². The maximum atomic E-state index is 6.19. The third-order valence-corrected chi connectivity index (χ3v) is 5.75. The Hall–Kier alpha value is -0.720. The van der Waals surface area contributed by atoms with Crippen molar-refractivity contribution >= 4 is 33.9 Å². The van der Waals surface area contributed by atoms with Crippen molar-refractivity contribution in [2.45, 2.75) is 38.0 Å². The van der Waals surface area contributed by atoms with Gasteiger partial charge in [0.05, 0.1) is 5.69 Å². The van der Waals surface area contributed by atoms with Crippen molar-refractivity contribution in [2.75, 3.05) is 23.7 Å². The molecule has 4 nitrogen and oxygen atoms in total. The molecule has 0 saturated carbocycles. The van der Waals surface area contributed by atoms with Crippen LogP contribution in [0.3, 0.4) is 0 Å². The minimum absolute atomic E-state index is 0.213. The topological polar surface area (TPSA) is 46.6 Å². The van der Waals surface area contributed by atoms with E-state index in [-0.39, 0.29) is 6.04 Å². The van der Waals surface area contributed by atoms with Gasteiger partial charge in [-0.25, -0.2) is 4.98 Å². The molecule has 1 aliphatic rings. The molecule has 1 saturated heterocycles. The first-order valence-corrected chi connectivity index (χ1v) is 9.18. The number of thioether (sulfide) groups is 1. The number of fused-ring (bicyclic) bond motifs is 1. The number of aromatic nitrogens is 2. The summed E-state index contributed by atoms with van der Waals surface area (Å²) in [7, 11) is 0. The zero-order valence-corrected chi connectivity index (χ0v) is 13.7. The van der Waals surface area contributed by atoms with E-state index in [2.05, 4.69) is 46.5 Å². The van der Waals surface area contributed by atoms with Crippen LogP contribution in [0.15, 0.2) is 11.6 Å². The predicted octanol–water partition coefficient (Wildman–Crippen LogP) is 2.62. The fraction of sp³-hybridized carbons (Fsp3) is 0.643. The molecule has 1 fully saturated rings. The Kier molecular flexibility index (Phi) is 4.23. The van der Waals surface area contributed by atoms with Crippen LogP contribution in [-0.2, 0) is 6.42 Å². The van der Waals surface area contributed by atoms with Crippen LogP contribution in [0.4, 0.5) is 5.82 Å². The lowest BCUT2D eigenvalue weighted by Gasteiger charge is -2.31. The number of thiazole rings is 1. The average molecular weight is 310 g/mol. The van der Waals surface area contributed by atoms with Crippen molar-refractivity contribution < 1.29 is 0 Å². The first kappa shape index (κ1) is 14.2. The minimum atomic E-state index is 0.213. The van der Waals surface area contributed by atoms with Crippen molar-refractivity contribution in [3.63, 3.8) is 0 Å². The molecule has 1 aliphatic heterocycles. The van der Waals surface area contributed by atoms with Gasteiger partial charge in [0.1, 0.15) is 0 Å². The highest BCUT2D eigenvalue weighted by Gasteiger charge is 2.24. The van der Waals surface area contributed by atoms with Gasteiger partial charge in [0.15, 0.2) is 10.8 Å². The van der Waals surface area contributed by atoms with E-state index < -0.39 is 0 Å². The Bertz CT molecular complexity index is 577. The molecule has 0 spiro atoms. The molecule has 0 aromatic carbocycles. The highest BCUT2D eigenvalue weighted by atomic mass is 32.2. The predicted molar refractivity (Wildman–Crippen MR) is 89.2 cm³/mol. The number of hydrogen-bond donors (Lipinski definition) is 1. The lowest BCUT2D eigenvalue weighted by molar-refractivity contribution is 0.631.